The predicted octanol–water partition coefficient (Wildman–Crippen LogP) is 1.79. The first-order chi connectivity index (χ1) is 11.2. The molecule has 7 heteroatoms. The number of hydrogen-bond donors (Lipinski definition) is 3. The van der Waals surface area contributed by atoms with E-state index < -0.39 is 0 Å². The number of fused-ring (bicyclic) bond motifs is 1. The number of nitrogens with zero attached hydrogens (tertiary/aromatic N) is 1. The second kappa shape index (κ2) is 7.61. The van der Waals surface area contributed by atoms with Gasteiger partial charge in [0.1, 0.15) is 5.75 Å². The number of anilines is 1. The van der Waals surface area contributed by atoms with Crippen molar-refractivity contribution < 1.29 is 14.8 Å². The third-order valence-corrected chi connectivity index (χ3v) is 4.93. The third-order valence-electron chi connectivity index (χ3n) is 4.00. The number of rotatable bonds is 5. The Morgan fingerprint density at radius 3 is 3.04 bits per heavy atom. The minimum absolute atomic E-state index is 0.177. The van der Waals surface area contributed by atoms with E-state index in [0.717, 1.165) is 35.6 Å². The molecule has 0 saturated carbocycles. The van der Waals surface area contributed by atoms with Gasteiger partial charge in [0, 0.05) is 19.4 Å². The summed E-state index contributed by atoms with van der Waals surface area (Å²) in [5, 5.41) is 8.73. The number of carbonyl (C=O) groups excluding carboxylic acids is 1. The highest BCUT2D eigenvalue weighted by molar-refractivity contribution is 7.22. The van der Waals surface area contributed by atoms with Crippen LogP contribution >= 0.6 is 11.3 Å². The average molecular weight is 335 g/mol. The molecule has 1 aromatic carbocycles. The largest absolute Gasteiger partial charge is 0.494 e. The first-order valence-electron chi connectivity index (χ1n) is 8.14. The molecule has 1 aliphatic heterocycles. The number of urea groups is 1. The lowest BCUT2D eigenvalue weighted by Gasteiger charge is -2.20. The molecule has 0 bridgehead atoms. The van der Waals surface area contributed by atoms with E-state index in [9.17, 15) is 4.79 Å². The number of nitrogens with two attached hydrogens (primary N) is 1. The van der Waals surface area contributed by atoms with E-state index in [1.807, 2.05) is 25.1 Å². The van der Waals surface area contributed by atoms with Gasteiger partial charge >= 0.3 is 6.03 Å². The molecular formula is C16H23N4O2S+. The highest BCUT2D eigenvalue weighted by Gasteiger charge is 2.16. The molecule has 4 N–H and O–H groups in total. The molecule has 23 heavy (non-hydrogen) atoms. The number of benzene rings is 1. The van der Waals surface area contributed by atoms with Crippen LogP contribution in [0.1, 0.15) is 19.8 Å². The van der Waals surface area contributed by atoms with Crippen LogP contribution < -0.4 is 20.7 Å². The smallest absolute Gasteiger partial charge is 0.321 e. The molecule has 0 spiro atoms. The minimum Gasteiger partial charge on any atom is -0.494 e. The van der Waals surface area contributed by atoms with Crippen molar-refractivity contribution in [1.29, 1.82) is 0 Å². The molecule has 6 nitrogen and oxygen atoms in total. The summed E-state index contributed by atoms with van der Waals surface area (Å²) < 4.78 is 6.50. The summed E-state index contributed by atoms with van der Waals surface area (Å²) in [5.41, 5.74) is 0.872. The van der Waals surface area contributed by atoms with Crippen LogP contribution in [0.15, 0.2) is 18.2 Å². The Balaban J connectivity index is 1.56. The first kappa shape index (κ1) is 16.0. The van der Waals surface area contributed by atoms with Crippen LogP contribution in [-0.4, -0.2) is 37.3 Å². The van der Waals surface area contributed by atoms with Crippen LogP contribution in [0.3, 0.4) is 0 Å². The Morgan fingerprint density at radius 1 is 1.43 bits per heavy atom. The Morgan fingerprint density at radius 2 is 2.26 bits per heavy atom. The van der Waals surface area contributed by atoms with Crippen molar-refractivity contribution in [3.63, 3.8) is 0 Å². The normalized spacial score (nSPS) is 15.5. The van der Waals surface area contributed by atoms with E-state index in [1.165, 1.54) is 24.2 Å². The minimum atomic E-state index is -0.177. The number of carbonyl (C=O) groups is 1. The Labute approximate surface area is 139 Å². The molecule has 0 atom stereocenters. The van der Waals surface area contributed by atoms with E-state index in [0.29, 0.717) is 17.7 Å². The lowest BCUT2D eigenvalue weighted by molar-refractivity contribution is -0.664. The number of hydrogen-bond acceptors (Lipinski definition) is 4. The van der Waals surface area contributed by atoms with Crippen molar-refractivity contribution in [3.8, 4) is 5.75 Å². The number of thiazole rings is 1. The van der Waals surface area contributed by atoms with Crippen molar-refractivity contribution in [2.75, 3.05) is 31.6 Å². The maximum absolute atomic E-state index is 12.0. The predicted molar refractivity (Wildman–Crippen MR) is 92.2 cm³/mol. The van der Waals surface area contributed by atoms with Gasteiger partial charge in [-0.1, -0.05) is 11.3 Å². The summed E-state index contributed by atoms with van der Waals surface area (Å²) in [4.78, 5) is 16.4. The molecule has 3 rings (SSSR count). The van der Waals surface area contributed by atoms with Crippen molar-refractivity contribution in [2.24, 2.45) is 5.92 Å². The Kier molecular flexibility index (Phi) is 5.30. The fourth-order valence-electron chi connectivity index (χ4n) is 2.79. The molecule has 2 aromatic rings. The second-order valence-electron chi connectivity index (χ2n) is 5.73. The standard InChI is InChI=1S/C16H22N4O2S/c1-2-22-12-3-4-13-14(9-12)23-16(19-13)20-15(21)18-10-11-5-7-17-8-6-11/h3-4,9,11,17H,2,5-8,10H2,1H3,(H2,18,19,20,21)/p+1. The van der Waals surface area contributed by atoms with Gasteiger partial charge in [0.2, 0.25) is 0 Å². The fourth-order valence-corrected chi connectivity index (χ4v) is 3.68. The maximum Gasteiger partial charge on any atom is 0.321 e. The van der Waals surface area contributed by atoms with Gasteiger partial charge in [-0.2, -0.15) is 0 Å². The topological polar surface area (TPSA) is 79.9 Å². The summed E-state index contributed by atoms with van der Waals surface area (Å²) >= 11 is 1.46. The van der Waals surface area contributed by atoms with E-state index in [4.69, 9.17) is 4.74 Å². The molecule has 0 aliphatic carbocycles. The van der Waals surface area contributed by atoms with Crippen LogP contribution in [0.25, 0.3) is 10.2 Å². The van der Waals surface area contributed by atoms with Gasteiger partial charge < -0.3 is 15.4 Å². The zero-order valence-electron chi connectivity index (χ0n) is 13.3. The summed E-state index contributed by atoms with van der Waals surface area (Å²) in [6, 6.07) is 5.59. The summed E-state index contributed by atoms with van der Waals surface area (Å²) in [6.45, 7) is 5.65. The number of piperidine rings is 1. The molecule has 2 amide bonds. The van der Waals surface area contributed by atoms with Crippen LogP contribution in [0, 0.1) is 5.92 Å². The Bertz CT molecular complexity index is 667. The van der Waals surface area contributed by atoms with Gasteiger partial charge in [0.15, 0.2) is 5.13 Å². The quantitative estimate of drug-likeness (QED) is 0.779. The second-order valence-corrected chi connectivity index (χ2v) is 6.76. The van der Waals surface area contributed by atoms with Gasteiger partial charge in [-0.3, -0.25) is 5.32 Å². The van der Waals surface area contributed by atoms with E-state index in [1.54, 1.807) is 0 Å². The van der Waals surface area contributed by atoms with Crippen LogP contribution in [0.5, 0.6) is 5.75 Å². The Hall–Kier alpha value is -1.86. The maximum atomic E-state index is 12.0. The van der Waals surface area contributed by atoms with Gasteiger partial charge in [0.05, 0.1) is 29.9 Å². The van der Waals surface area contributed by atoms with Crippen molar-refractivity contribution in [1.82, 2.24) is 10.3 Å². The molecule has 0 radical (unpaired) electrons. The molecule has 1 aromatic heterocycles. The van der Waals surface area contributed by atoms with Crippen LogP contribution in [0.2, 0.25) is 0 Å². The summed E-state index contributed by atoms with van der Waals surface area (Å²) in [5.74, 6) is 1.42. The van der Waals surface area contributed by atoms with Gasteiger partial charge in [-0.05, 0) is 31.0 Å². The van der Waals surface area contributed by atoms with Gasteiger partial charge in [-0.25, -0.2) is 9.78 Å². The molecule has 0 unspecified atom stereocenters. The first-order valence-corrected chi connectivity index (χ1v) is 8.96. The molecule has 124 valence electrons. The lowest BCUT2D eigenvalue weighted by Crippen LogP contribution is -2.86. The van der Waals surface area contributed by atoms with E-state index in [-0.39, 0.29) is 6.03 Å². The molecule has 1 fully saturated rings. The number of quaternary nitrogens is 1. The zero-order valence-corrected chi connectivity index (χ0v) is 14.1. The molecule has 1 saturated heterocycles. The number of amides is 2. The summed E-state index contributed by atoms with van der Waals surface area (Å²) in [7, 11) is 0. The zero-order chi connectivity index (χ0) is 16.1. The van der Waals surface area contributed by atoms with Crippen LogP contribution in [-0.2, 0) is 0 Å². The van der Waals surface area contributed by atoms with E-state index >= 15 is 0 Å². The molecule has 1 aliphatic rings. The molecule has 2 heterocycles. The lowest BCUT2D eigenvalue weighted by atomic mass is 9.98. The van der Waals surface area contributed by atoms with E-state index in [2.05, 4.69) is 20.9 Å². The summed E-state index contributed by atoms with van der Waals surface area (Å²) in [6.07, 6.45) is 2.34. The highest BCUT2D eigenvalue weighted by Crippen LogP contribution is 2.29. The average Bonchev–Trinajstić information content (AvgIpc) is 2.95. The molecular weight excluding hydrogens is 312 g/mol. The highest BCUT2D eigenvalue weighted by atomic mass is 32.1. The van der Waals surface area contributed by atoms with Crippen molar-refractivity contribution in [3.05, 3.63) is 18.2 Å². The number of aromatic nitrogens is 1. The monoisotopic (exact) mass is 335 g/mol. The number of ether oxygens (including phenoxy) is 1. The third kappa shape index (κ3) is 4.33. The number of nitrogens with one attached hydrogen (secondary N) is 2. The van der Waals surface area contributed by atoms with Gasteiger partial charge in [-0.15, -0.1) is 0 Å². The SMILES string of the molecule is CCOc1ccc2nc(NC(=O)NCC3CC[NH2+]CC3)sc2c1. The van der Waals surface area contributed by atoms with Crippen LogP contribution in [0.4, 0.5) is 9.93 Å². The fraction of sp³-hybridized carbons (Fsp3) is 0.500. The van der Waals surface area contributed by atoms with Crippen molar-refractivity contribution >= 4 is 32.7 Å². The van der Waals surface area contributed by atoms with Crippen molar-refractivity contribution in [2.45, 2.75) is 19.8 Å². The van der Waals surface area contributed by atoms with Gasteiger partial charge in [0.25, 0.3) is 0 Å².